The third-order valence-electron chi connectivity index (χ3n) is 2.75. The minimum atomic E-state index is -0.811. The molecule has 1 aromatic rings. The number of rotatable bonds is 3. The van der Waals surface area contributed by atoms with Crippen molar-refractivity contribution in [3.05, 3.63) is 30.1 Å². The van der Waals surface area contributed by atoms with Crippen LogP contribution in [0.2, 0.25) is 0 Å². The van der Waals surface area contributed by atoms with Gasteiger partial charge in [-0.3, -0.25) is 19.5 Å². The molecule has 1 aliphatic heterocycles. The third-order valence-corrected chi connectivity index (χ3v) is 2.75. The highest BCUT2D eigenvalue weighted by Crippen LogP contribution is 2.21. The number of carbonyl (C=O) groups is 3. The number of nitrogens with one attached hydrogen (secondary N) is 1. The molecule has 0 saturated carbocycles. The summed E-state index contributed by atoms with van der Waals surface area (Å²) >= 11 is 0. The van der Waals surface area contributed by atoms with E-state index in [4.69, 9.17) is 4.74 Å². The molecule has 0 bridgehead atoms. The molecule has 7 nitrogen and oxygen atoms in total. The minimum Gasteiger partial charge on any atom is -0.459 e. The van der Waals surface area contributed by atoms with Crippen LogP contribution in [0.15, 0.2) is 24.5 Å². The second-order valence-electron chi connectivity index (χ2n) is 5.68. The second-order valence-corrected chi connectivity index (χ2v) is 5.68. The fraction of sp³-hybridized carbons (Fsp3) is 0.429. The van der Waals surface area contributed by atoms with Crippen molar-refractivity contribution in [2.75, 3.05) is 6.54 Å². The van der Waals surface area contributed by atoms with Crippen molar-refractivity contribution in [2.24, 2.45) is 0 Å². The van der Waals surface area contributed by atoms with Gasteiger partial charge in [0, 0.05) is 18.0 Å². The van der Waals surface area contributed by atoms with E-state index in [1.165, 1.54) is 6.20 Å². The first-order valence-electron chi connectivity index (χ1n) is 6.51. The first kappa shape index (κ1) is 15.0. The number of carbonyl (C=O) groups excluding carboxylic acids is 3. The summed E-state index contributed by atoms with van der Waals surface area (Å²) in [6.07, 6.45) is 3.07. The lowest BCUT2D eigenvalue weighted by Gasteiger charge is -2.21. The van der Waals surface area contributed by atoms with Crippen molar-refractivity contribution < 1.29 is 19.1 Å². The Morgan fingerprint density at radius 3 is 2.71 bits per heavy atom. The van der Waals surface area contributed by atoms with E-state index in [0.29, 0.717) is 5.56 Å². The molecule has 1 aliphatic rings. The van der Waals surface area contributed by atoms with Crippen LogP contribution in [0.5, 0.6) is 0 Å². The summed E-state index contributed by atoms with van der Waals surface area (Å²) in [6.45, 7) is 4.75. The Kier molecular flexibility index (Phi) is 3.93. The monoisotopic (exact) mass is 291 g/mol. The van der Waals surface area contributed by atoms with Gasteiger partial charge in [0.05, 0.1) is 0 Å². The Morgan fingerprint density at radius 2 is 2.14 bits per heavy atom. The Balaban J connectivity index is 2.07. The van der Waals surface area contributed by atoms with Gasteiger partial charge in [-0.15, -0.1) is 0 Å². The molecule has 1 atom stereocenters. The molecular formula is C14H17N3O4. The maximum absolute atomic E-state index is 12.2. The van der Waals surface area contributed by atoms with Gasteiger partial charge < -0.3 is 10.1 Å². The van der Waals surface area contributed by atoms with E-state index < -0.39 is 36.1 Å². The lowest BCUT2D eigenvalue weighted by molar-refractivity contribution is -0.157. The zero-order valence-electron chi connectivity index (χ0n) is 12.1. The van der Waals surface area contributed by atoms with E-state index in [1.807, 2.05) is 0 Å². The van der Waals surface area contributed by atoms with E-state index in [-0.39, 0.29) is 0 Å². The Labute approximate surface area is 122 Å². The fourth-order valence-corrected chi connectivity index (χ4v) is 1.94. The van der Waals surface area contributed by atoms with Gasteiger partial charge >= 0.3 is 12.0 Å². The van der Waals surface area contributed by atoms with Crippen LogP contribution < -0.4 is 5.32 Å². The maximum Gasteiger partial charge on any atom is 0.326 e. The van der Waals surface area contributed by atoms with Crippen molar-refractivity contribution in [1.82, 2.24) is 15.2 Å². The molecule has 3 amide bonds. The van der Waals surface area contributed by atoms with Crippen LogP contribution >= 0.6 is 0 Å². The van der Waals surface area contributed by atoms with Gasteiger partial charge in [0.25, 0.3) is 5.91 Å². The van der Waals surface area contributed by atoms with Crippen molar-refractivity contribution in [3.8, 4) is 0 Å². The molecule has 112 valence electrons. The van der Waals surface area contributed by atoms with Crippen molar-refractivity contribution in [2.45, 2.75) is 32.4 Å². The van der Waals surface area contributed by atoms with Gasteiger partial charge in [0.2, 0.25) is 0 Å². The van der Waals surface area contributed by atoms with Crippen LogP contribution in [0.1, 0.15) is 32.4 Å². The molecule has 2 rings (SSSR count). The number of hydrogen-bond acceptors (Lipinski definition) is 5. The van der Waals surface area contributed by atoms with E-state index >= 15 is 0 Å². The number of amides is 3. The summed E-state index contributed by atoms with van der Waals surface area (Å²) in [5.41, 5.74) is -0.0958. The van der Waals surface area contributed by atoms with Gasteiger partial charge in [-0.1, -0.05) is 6.07 Å². The summed E-state index contributed by atoms with van der Waals surface area (Å²) in [5.74, 6) is -1.11. The highest BCUT2D eigenvalue weighted by Gasteiger charge is 2.40. The third kappa shape index (κ3) is 3.56. The molecule has 0 aromatic carbocycles. The highest BCUT2D eigenvalue weighted by atomic mass is 16.6. The summed E-state index contributed by atoms with van der Waals surface area (Å²) in [5, 5.41) is 2.53. The maximum atomic E-state index is 12.2. The molecular weight excluding hydrogens is 274 g/mol. The molecule has 0 unspecified atom stereocenters. The van der Waals surface area contributed by atoms with Crippen LogP contribution in [0.3, 0.4) is 0 Å². The van der Waals surface area contributed by atoms with E-state index in [9.17, 15) is 14.4 Å². The number of hydrogen-bond donors (Lipinski definition) is 1. The summed E-state index contributed by atoms with van der Waals surface area (Å²) in [6, 6.07) is 1.94. The van der Waals surface area contributed by atoms with Crippen LogP contribution in [-0.2, 0) is 14.3 Å². The summed E-state index contributed by atoms with van der Waals surface area (Å²) in [4.78, 5) is 40.6. The number of imide groups is 1. The lowest BCUT2D eigenvalue weighted by atomic mass is 10.1. The topological polar surface area (TPSA) is 88.6 Å². The summed E-state index contributed by atoms with van der Waals surface area (Å²) < 4.78 is 5.11. The minimum absolute atomic E-state index is 0.404. The van der Waals surface area contributed by atoms with Gasteiger partial charge in [-0.2, -0.15) is 0 Å². The molecule has 1 saturated heterocycles. The number of esters is 1. The predicted octanol–water partition coefficient (Wildman–Crippen LogP) is 1.02. The number of pyridine rings is 1. The van der Waals surface area contributed by atoms with Crippen molar-refractivity contribution in [3.63, 3.8) is 0 Å². The number of ether oxygens (including phenoxy) is 1. The largest absolute Gasteiger partial charge is 0.459 e. The van der Waals surface area contributed by atoms with Crippen molar-refractivity contribution >= 4 is 17.9 Å². The fourth-order valence-electron chi connectivity index (χ4n) is 1.94. The zero-order valence-corrected chi connectivity index (χ0v) is 12.1. The van der Waals surface area contributed by atoms with E-state index in [2.05, 4.69) is 10.3 Å². The van der Waals surface area contributed by atoms with E-state index in [0.717, 1.165) is 4.90 Å². The number of nitrogens with zero attached hydrogens (tertiary/aromatic N) is 2. The molecule has 1 aromatic heterocycles. The number of urea groups is 1. The molecule has 0 spiro atoms. The molecule has 0 aliphatic carbocycles. The smallest absolute Gasteiger partial charge is 0.326 e. The average Bonchev–Trinajstić information content (AvgIpc) is 2.66. The highest BCUT2D eigenvalue weighted by molar-refractivity contribution is 6.06. The molecule has 2 heterocycles. The first-order valence-corrected chi connectivity index (χ1v) is 6.51. The normalized spacial score (nSPS) is 18.6. The Morgan fingerprint density at radius 1 is 1.43 bits per heavy atom. The van der Waals surface area contributed by atoms with Gasteiger partial charge in [0.1, 0.15) is 18.2 Å². The molecule has 21 heavy (non-hydrogen) atoms. The summed E-state index contributed by atoms with van der Waals surface area (Å²) in [7, 11) is 0. The average molecular weight is 291 g/mol. The van der Waals surface area contributed by atoms with Crippen LogP contribution in [0.4, 0.5) is 4.79 Å². The standard InChI is InChI=1S/C14H17N3O4/c1-14(2,3)21-10(18)8-17-12(19)11(16-13(17)20)9-5-4-6-15-7-9/h4-7,11H,8H2,1-3H3,(H,16,20)/t11-/m0/s1. The van der Waals surface area contributed by atoms with Gasteiger partial charge in [0.15, 0.2) is 0 Å². The Hall–Kier alpha value is -2.44. The Bertz CT molecular complexity index is 565. The van der Waals surface area contributed by atoms with E-state index in [1.54, 1.807) is 39.1 Å². The molecule has 1 fully saturated rings. The molecule has 0 radical (unpaired) electrons. The van der Waals surface area contributed by atoms with Crippen LogP contribution in [0.25, 0.3) is 0 Å². The van der Waals surface area contributed by atoms with Crippen LogP contribution in [0, 0.1) is 0 Å². The quantitative estimate of drug-likeness (QED) is 0.663. The second kappa shape index (κ2) is 5.51. The number of aromatic nitrogens is 1. The molecule has 7 heteroatoms. The van der Waals surface area contributed by atoms with Crippen LogP contribution in [-0.4, -0.2) is 39.9 Å². The lowest BCUT2D eigenvalue weighted by Crippen LogP contribution is -2.38. The SMILES string of the molecule is CC(C)(C)OC(=O)CN1C(=O)N[C@@H](c2cccnc2)C1=O. The predicted molar refractivity (Wildman–Crippen MR) is 73.1 cm³/mol. The molecule has 1 N–H and O–H groups in total. The van der Waals surface area contributed by atoms with Gasteiger partial charge in [-0.05, 0) is 26.8 Å². The first-order chi connectivity index (χ1) is 9.78. The zero-order chi connectivity index (χ0) is 15.6. The van der Waals surface area contributed by atoms with Crippen molar-refractivity contribution in [1.29, 1.82) is 0 Å². The van der Waals surface area contributed by atoms with Gasteiger partial charge in [-0.25, -0.2) is 4.79 Å².